The van der Waals surface area contributed by atoms with E-state index in [-0.39, 0.29) is 0 Å². The summed E-state index contributed by atoms with van der Waals surface area (Å²) in [5.74, 6) is 1.82. The molecule has 140 valence electrons. The quantitative estimate of drug-likeness (QED) is 0.593. The molecule has 1 aliphatic carbocycles. The number of hydrogen-bond donors (Lipinski definition) is 2. The molecular formula is C20H30N6. The maximum atomic E-state index is 4.52. The smallest absolute Gasteiger partial charge is 0.193 e. The monoisotopic (exact) mass is 354 g/mol. The lowest BCUT2D eigenvalue weighted by atomic mass is 10.2. The Bertz CT molecular complexity index is 719. The van der Waals surface area contributed by atoms with E-state index in [1.807, 2.05) is 38.5 Å². The van der Waals surface area contributed by atoms with Crippen molar-refractivity contribution in [1.29, 1.82) is 0 Å². The molecule has 0 radical (unpaired) electrons. The van der Waals surface area contributed by atoms with Crippen LogP contribution in [0, 0.1) is 0 Å². The van der Waals surface area contributed by atoms with Gasteiger partial charge in [0.25, 0.3) is 0 Å². The molecule has 1 aromatic carbocycles. The Balaban J connectivity index is 1.54. The summed E-state index contributed by atoms with van der Waals surface area (Å²) in [5, 5.41) is 3.48. The minimum Gasteiger partial charge on any atom is -0.355 e. The molecule has 6 heteroatoms. The number of benzene rings is 1. The van der Waals surface area contributed by atoms with Gasteiger partial charge >= 0.3 is 0 Å². The summed E-state index contributed by atoms with van der Waals surface area (Å²) in [5.41, 5.74) is 2.19. The van der Waals surface area contributed by atoms with Crippen molar-refractivity contribution in [3.63, 3.8) is 0 Å². The Morgan fingerprint density at radius 3 is 2.69 bits per heavy atom. The molecule has 0 saturated heterocycles. The van der Waals surface area contributed by atoms with Gasteiger partial charge in [-0.15, -0.1) is 0 Å². The van der Waals surface area contributed by atoms with Gasteiger partial charge in [0.05, 0.1) is 18.4 Å². The highest BCUT2D eigenvalue weighted by molar-refractivity contribution is 5.79. The topological polar surface area (TPSA) is 59.6 Å². The van der Waals surface area contributed by atoms with Gasteiger partial charge in [0.15, 0.2) is 5.96 Å². The van der Waals surface area contributed by atoms with Crippen LogP contribution in [0.15, 0.2) is 41.5 Å². The molecule has 0 spiro atoms. The van der Waals surface area contributed by atoms with Crippen LogP contribution in [-0.2, 0) is 6.54 Å². The van der Waals surface area contributed by atoms with Gasteiger partial charge in [-0.2, -0.15) is 0 Å². The maximum Gasteiger partial charge on any atom is 0.193 e. The average molecular weight is 355 g/mol. The minimum absolute atomic E-state index is 0.487. The van der Waals surface area contributed by atoms with E-state index in [1.54, 1.807) is 0 Å². The van der Waals surface area contributed by atoms with Crippen LogP contribution in [0.4, 0.5) is 0 Å². The summed E-state index contributed by atoms with van der Waals surface area (Å²) in [6.45, 7) is 3.83. The van der Waals surface area contributed by atoms with Crippen LogP contribution in [0.3, 0.4) is 0 Å². The first kappa shape index (κ1) is 18.5. The Labute approximate surface area is 156 Å². The molecule has 3 rings (SSSR count). The van der Waals surface area contributed by atoms with Gasteiger partial charge in [0.2, 0.25) is 0 Å². The number of imidazole rings is 1. The van der Waals surface area contributed by atoms with Crippen LogP contribution in [0.1, 0.15) is 25.6 Å². The highest BCUT2D eigenvalue weighted by Gasteiger charge is 2.29. The fraction of sp³-hybridized carbons (Fsp3) is 0.500. The molecule has 1 saturated carbocycles. The summed E-state index contributed by atoms with van der Waals surface area (Å²) < 4.78 is 0. The van der Waals surface area contributed by atoms with Crippen LogP contribution in [0.2, 0.25) is 0 Å². The summed E-state index contributed by atoms with van der Waals surface area (Å²) in [4.78, 5) is 16.9. The first-order valence-corrected chi connectivity index (χ1v) is 9.31. The Morgan fingerprint density at radius 1 is 1.31 bits per heavy atom. The van der Waals surface area contributed by atoms with E-state index >= 15 is 0 Å². The third kappa shape index (κ3) is 4.64. The van der Waals surface area contributed by atoms with Gasteiger partial charge in [0, 0.05) is 32.7 Å². The normalized spacial score (nSPS) is 16.0. The Hall–Kier alpha value is -2.34. The molecule has 2 N–H and O–H groups in total. The molecule has 26 heavy (non-hydrogen) atoms. The summed E-state index contributed by atoms with van der Waals surface area (Å²) in [6.07, 6.45) is 4.55. The number of H-pyrrole nitrogens is 1. The molecule has 1 unspecified atom stereocenters. The molecule has 0 amide bonds. The van der Waals surface area contributed by atoms with E-state index in [0.29, 0.717) is 12.6 Å². The fourth-order valence-corrected chi connectivity index (χ4v) is 3.12. The molecule has 6 nitrogen and oxygen atoms in total. The van der Waals surface area contributed by atoms with Crippen LogP contribution >= 0.6 is 0 Å². The second-order valence-electron chi connectivity index (χ2n) is 7.14. The van der Waals surface area contributed by atoms with E-state index < -0.39 is 0 Å². The van der Waals surface area contributed by atoms with Crippen molar-refractivity contribution in [3.8, 4) is 11.3 Å². The van der Waals surface area contributed by atoms with E-state index in [9.17, 15) is 0 Å². The fourth-order valence-electron chi connectivity index (χ4n) is 3.12. The third-order valence-electron chi connectivity index (χ3n) is 5.05. The maximum absolute atomic E-state index is 4.52. The van der Waals surface area contributed by atoms with E-state index in [0.717, 1.165) is 35.6 Å². The molecular weight excluding hydrogens is 324 g/mol. The predicted octanol–water partition coefficient (Wildman–Crippen LogP) is 2.57. The van der Waals surface area contributed by atoms with Gasteiger partial charge in [-0.05, 0) is 32.4 Å². The summed E-state index contributed by atoms with van der Waals surface area (Å²) in [6, 6.07) is 11.5. The first-order valence-electron chi connectivity index (χ1n) is 9.31. The third-order valence-corrected chi connectivity index (χ3v) is 5.05. The van der Waals surface area contributed by atoms with Crippen molar-refractivity contribution in [2.75, 3.05) is 27.7 Å². The molecule has 1 fully saturated rings. The second kappa shape index (κ2) is 8.36. The average Bonchev–Trinajstić information content (AvgIpc) is 3.41. The van der Waals surface area contributed by atoms with Gasteiger partial charge in [-0.25, -0.2) is 4.98 Å². The number of guanidine groups is 1. The zero-order valence-electron chi connectivity index (χ0n) is 16.2. The van der Waals surface area contributed by atoms with Gasteiger partial charge < -0.3 is 15.2 Å². The number of likely N-dealkylation sites (N-methyl/N-ethyl adjacent to an activating group) is 1. The molecule has 1 heterocycles. The number of nitrogens with zero attached hydrogens (tertiary/aromatic N) is 4. The molecule has 0 bridgehead atoms. The van der Waals surface area contributed by atoms with Crippen LogP contribution in [0.25, 0.3) is 11.3 Å². The van der Waals surface area contributed by atoms with E-state index in [1.165, 1.54) is 12.8 Å². The number of nitrogens with one attached hydrogen (secondary N) is 2. The molecule has 0 aliphatic heterocycles. The Morgan fingerprint density at radius 2 is 2.04 bits per heavy atom. The SMILES string of the molecule is CN=C(NCC(C)N(C)C1CC1)N(C)Cc1ncc(-c2ccccc2)[nH]1. The minimum atomic E-state index is 0.487. The molecule has 1 atom stereocenters. The van der Waals surface area contributed by atoms with Crippen molar-refractivity contribution in [2.24, 2.45) is 4.99 Å². The molecule has 1 aliphatic rings. The van der Waals surface area contributed by atoms with Gasteiger partial charge in [-0.1, -0.05) is 30.3 Å². The predicted molar refractivity (Wildman–Crippen MR) is 107 cm³/mol. The molecule has 2 aromatic rings. The van der Waals surface area contributed by atoms with Gasteiger partial charge in [0.1, 0.15) is 5.82 Å². The zero-order valence-corrected chi connectivity index (χ0v) is 16.2. The van der Waals surface area contributed by atoms with Crippen molar-refractivity contribution in [2.45, 2.75) is 38.4 Å². The first-order chi connectivity index (χ1) is 12.6. The summed E-state index contributed by atoms with van der Waals surface area (Å²) >= 11 is 0. The highest BCUT2D eigenvalue weighted by atomic mass is 15.3. The van der Waals surface area contributed by atoms with Gasteiger partial charge in [-0.3, -0.25) is 9.89 Å². The van der Waals surface area contributed by atoms with E-state index in [4.69, 9.17) is 0 Å². The Kier molecular flexibility index (Phi) is 5.93. The lowest BCUT2D eigenvalue weighted by Gasteiger charge is -2.27. The standard InChI is InChI=1S/C20H30N6/c1-15(26(4)17-10-11-17)12-23-20(21-2)25(3)14-19-22-13-18(24-19)16-8-6-5-7-9-16/h5-9,13,15,17H,10-12,14H2,1-4H3,(H,21,23)(H,22,24). The van der Waals surface area contributed by atoms with Crippen molar-refractivity contribution >= 4 is 5.96 Å². The number of hydrogen-bond acceptors (Lipinski definition) is 3. The van der Waals surface area contributed by atoms with E-state index in [2.05, 4.69) is 56.2 Å². The highest BCUT2D eigenvalue weighted by Crippen LogP contribution is 2.26. The lowest BCUT2D eigenvalue weighted by Crippen LogP contribution is -2.45. The number of rotatable bonds is 7. The van der Waals surface area contributed by atoms with Crippen LogP contribution < -0.4 is 5.32 Å². The van der Waals surface area contributed by atoms with Crippen molar-refractivity contribution < 1.29 is 0 Å². The zero-order chi connectivity index (χ0) is 18.5. The number of aromatic nitrogens is 2. The number of aromatic amines is 1. The van der Waals surface area contributed by atoms with Crippen molar-refractivity contribution in [3.05, 3.63) is 42.4 Å². The van der Waals surface area contributed by atoms with Crippen LogP contribution in [-0.4, -0.2) is 65.5 Å². The second-order valence-corrected chi connectivity index (χ2v) is 7.14. The molecule has 1 aromatic heterocycles. The van der Waals surface area contributed by atoms with Crippen molar-refractivity contribution in [1.82, 2.24) is 25.1 Å². The largest absolute Gasteiger partial charge is 0.355 e. The van der Waals surface area contributed by atoms with Crippen LogP contribution in [0.5, 0.6) is 0 Å². The lowest BCUT2D eigenvalue weighted by molar-refractivity contribution is 0.246. The summed E-state index contributed by atoms with van der Waals surface area (Å²) in [7, 11) is 6.07. The number of aliphatic imine (C=N–C) groups is 1.